The van der Waals surface area contributed by atoms with Crippen LogP contribution in [0.3, 0.4) is 0 Å². The molecule has 2 aliphatic heterocycles. The van der Waals surface area contributed by atoms with E-state index in [1.54, 1.807) is 35.0 Å². The maximum Gasteiger partial charge on any atom is 0.313 e. The van der Waals surface area contributed by atoms with Gasteiger partial charge in [-0.15, -0.1) is 16.9 Å². The van der Waals surface area contributed by atoms with Gasteiger partial charge in [-0.25, -0.2) is 4.68 Å². The Kier molecular flexibility index (Phi) is 12.0. The number of β-lactam (4-membered cyclic amide) rings is 1. The van der Waals surface area contributed by atoms with Crippen LogP contribution in [0.1, 0.15) is 63.0 Å². The van der Waals surface area contributed by atoms with Gasteiger partial charge in [-0.3, -0.25) is 18.9 Å². The van der Waals surface area contributed by atoms with Gasteiger partial charge in [0, 0.05) is 24.6 Å². The van der Waals surface area contributed by atoms with Crippen molar-refractivity contribution in [2.24, 2.45) is 5.41 Å². The van der Waals surface area contributed by atoms with Gasteiger partial charge >= 0.3 is 5.97 Å². The van der Waals surface area contributed by atoms with Crippen LogP contribution in [-0.4, -0.2) is 101 Å². The molecule has 0 bridgehead atoms. The zero-order chi connectivity index (χ0) is 31.7. The van der Waals surface area contributed by atoms with Crippen molar-refractivity contribution in [3.8, 4) is 0 Å². The van der Waals surface area contributed by atoms with E-state index in [2.05, 4.69) is 20.8 Å². The molecule has 3 heterocycles. The number of tetrazole rings is 1. The molecule has 17 heteroatoms. The normalized spacial score (nSPS) is 22.2. The average Bonchev–Trinajstić information content (AvgIpc) is 3.46. The Morgan fingerprint density at radius 1 is 1.09 bits per heavy atom. The van der Waals surface area contributed by atoms with Crippen molar-refractivity contribution in [3.05, 3.63) is 35.9 Å². The molecule has 242 valence electrons. The number of thioether (sulfide) groups is 2. The molecule has 4 rings (SSSR count). The first-order valence-electron chi connectivity index (χ1n) is 14.5. The number of hydrogen-bond acceptors (Lipinski definition) is 11. The Labute approximate surface area is 264 Å². The number of nitrogens with zero attached hydrogens (tertiary/aromatic N) is 5. The second kappa shape index (κ2) is 15.5. The van der Waals surface area contributed by atoms with Gasteiger partial charge in [0.05, 0.1) is 5.75 Å². The molecule has 2 aliphatic rings. The van der Waals surface area contributed by atoms with Crippen LogP contribution < -0.4 is 5.32 Å². The van der Waals surface area contributed by atoms with Gasteiger partial charge in [-0.05, 0) is 28.8 Å². The number of aliphatic hydroxyl groups is 1. The van der Waals surface area contributed by atoms with E-state index in [-0.39, 0.29) is 29.7 Å². The fourth-order valence-corrected chi connectivity index (χ4v) is 8.51. The van der Waals surface area contributed by atoms with E-state index >= 15 is 0 Å². The van der Waals surface area contributed by atoms with Gasteiger partial charge < -0.3 is 20.4 Å². The molecule has 14 nitrogen and oxygen atoms in total. The van der Waals surface area contributed by atoms with Gasteiger partial charge in [0.15, 0.2) is 6.10 Å². The summed E-state index contributed by atoms with van der Waals surface area (Å²) in [5.41, 5.74) is -0.809. The Morgan fingerprint density at radius 2 is 1.75 bits per heavy atom. The fourth-order valence-electron chi connectivity index (χ4n) is 5.17. The molecule has 2 fully saturated rings. The molecule has 2 saturated heterocycles. The van der Waals surface area contributed by atoms with E-state index in [4.69, 9.17) is 4.55 Å². The van der Waals surface area contributed by atoms with Crippen LogP contribution in [0.15, 0.2) is 35.5 Å². The first kappa shape index (κ1) is 34.1. The Hall–Kier alpha value is -2.73. The molecule has 0 radical (unpaired) electrons. The Bertz CT molecular complexity index is 1390. The third-order valence-electron chi connectivity index (χ3n) is 7.76. The topological polar surface area (TPSA) is 205 Å². The van der Waals surface area contributed by atoms with Gasteiger partial charge in [-0.2, -0.15) is 8.42 Å². The maximum absolute atomic E-state index is 12.9. The lowest BCUT2D eigenvalue weighted by Gasteiger charge is -2.53. The first-order valence-corrected chi connectivity index (χ1v) is 18.2. The number of carbonyl (C=O) groups excluding carboxylic acids is 2. The van der Waals surface area contributed by atoms with Crippen LogP contribution in [0.5, 0.6) is 0 Å². The molecule has 0 aliphatic carbocycles. The van der Waals surface area contributed by atoms with E-state index in [1.165, 1.54) is 28.4 Å². The summed E-state index contributed by atoms with van der Waals surface area (Å²) in [6.45, 7) is 0.582. The standard InChI is InChI=1S/C27H38N6O8S3/c34-21(19-12-8-7-9-13-19)22(35)28-20-23(36)32-16-27(25(37)38,17-42-24(20)32)18-43-26-29-30-31-33(26)14-10-5-3-1-2-4-6-11-15-44(39,40)41/h7-9,12-13,20-21,24,34H,1-6,10-11,14-18H2,(H,28,35)(H,37,38)(H,39,40,41)/t20?,21?,24-,27?/m1/s1. The Balaban J connectivity index is 1.20. The number of benzene rings is 1. The van der Waals surface area contributed by atoms with Crippen molar-refractivity contribution in [1.82, 2.24) is 30.4 Å². The molecule has 3 unspecified atom stereocenters. The zero-order valence-electron chi connectivity index (χ0n) is 24.2. The van der Waals surface area contributed by atoms with Crippen molar-refractivity contribution >= 4 is 51.4 Å². The third-order valence-corrected chi connectivity index (χ3v) is 11.4. The number of aliphatic carboxylic acids is 1. The Morgan fingerprint density at radius 3 is 2.41 bits per heavy atom. The lowest BCUT2D eigenvalue weighted by Crippen LogP contribution is -2.74. The van der Waals surface area contributed by atoms with Crippen molar-refractivity contribution in [1.29, 1.82) is 0 Å². The monoisotopic (exact) mass is 670 g/mol. The van der Waals surface area contributed by atoms with E-state index in [9.17, 15) is 33.0 Å². The fraction of sp³-hybridized carbons (Fsp3) is 0.630. The number of unbranched alkanes of at least 4 members (excludes halogenated alkanes) is 7. The van der Waals surface area contributed by atoms with Gasteiger partial charge in [0.25, 0.3) is 16.0 Å². The lowest BCUT2D eigenvalue weighted by atomic mass is 9.89. The molecule has 44 heavy (non-hydrogen) atoms. The van der Waals surface area contributed by atoms with Gasteiger partial charge in [0.2, 0.25) is 11.1 Å². The molecule has 2 amide bonds. The summed E-state index contributed by atoms with van der Waals surface area (Å²) in [4.78, 5) is 39.4. The number of aliphatic hydroxyl groups excluding tert-OH is 1. The highest BCUT2D eigenvalue weighted by Gasteiger charge is 2.57. The predicted molar refractivity (Wildman–Crippen MR) is 163 cm³/mol. The number of amides is 2. The molecular formula is C27H38N6O8S3. The number of rotatable bonds is 18. The minimum Gasteiger partial charge on any atom is -0.481 e. The molecule has 0 saturated carbocycles. The number of fused-ring (bicyclic) bond motifs is 1. The van der Waals surface area contributed by atoms with Crippen molar-refractivity contribution in [2.75, 3.05) is 23.8 Å². The highest BCUT2D eigenvalue weighted by Crippen LogP contribution is 2.44. The highest BCUT2D eigenvalue weighted by molar-refractivity contribution is 8.00. The van der Waals surface area contributed by atoms with Crippen molar-refractivity contribution in [3.63, 3.8) is 0 Å². The maximum atomic E-state index is 12.9. The molecular weight excluding hydrogens is 633 g/mol. The number of carboxylic acids is 1. The van der Waals surface area contributed by atoms with Crippen molar-refractivity contribution in [2.45, 2.75) is 80.6 Å². The second-order valence-electron chi connectivity index (χ2n) is 11.1. The quantitative estimate of drug-likeness (QED) is 0.0776. The number of carbonyl (C=O) groups is 3. The summed E-state index contributed by atoms with van der Waals surface area (Å²) in [5.74, 6) is -1.88. The van der Waals surface area contributed by atoms with Gasteiger partial charge in [0.1, 0.15) is 16.8 Å². The van der Waals surface area contributed by atoms with Crippen LogP contribution in [0, 0.1) is 5.41 Å². The SMILES string of the molecule is O=C(NC1C(=O)N2CC(CSc3nnnn3CCCCCCCCCCS(=O)(=O)O)(C(=O)O)CS[C@H]12)C(O)c1ccccc1. The third kappa shape index (κ3) is 8.93. The number of aryl methyl sites for hydroxylation is 1. The summed E-state index contributed by atoms with van der Waals surface area (Å²) in [7, 11) is -3.88. The summed E-state index contributed by atoms with van der Waals surface area (Å²) < 4.78 is 31.9. The van der Waals surface area contributed by atoms with E-state index < -0.39 is 44.9 Å². The van der Waals surface area contributed by atoms with Crippen LogP contribution in [-0.2, 0) is 31.0 Å². The lowest BCUT2D eigenvalue weighted by molar-refractivity contribution is -0.158. The van der Waals surface area contributed by atoms with Crippen molar-refractivity contribution < 1.29 is 37.6 Å². The molecule has 1 aromatic heterocycles. The van der Waals surface area contributed by atoms with E-state index in [0.29, 0.717) is 23.7 Å². The van der Waals surface area contributed by atoms with Crippen LogP contribution >= 0.6 is 23.5 Å². The highest BCUT2D eigenvalue weighted by atomic mass is 32.2. The summed E-state index contributed by atoms with van der Waals surface area (Å²) in [6, 6.07) is 7.58. The zero-order valence-corrected chi connectivity index (χ0v) is 26.6. The van der Waals surface area contributed by atoms with Crippen LogP contribution in [0.25, 0.3) is 0 Å². The summed E-state index contributed by atoms with van der Waals surface area (Å²) in [5, 5.41) is 35.1. The second-order valence-corrected chi connectivity index (χ2v) is 14.8. The minimum atomic E-state index is -3.88. The number of carboxylic acid groups (broad SMARTS) is 1. The molecule has 4 atom stereocenters. The van der Waals surface area contributed by atoms with Crippen LogP contribution in [0.2, 0.25) is 0 Å². The summed E-state index contributed by atoms with van der Waals surface area (Å²) >= 11 is 2.54. The predicted octanol–water partition coefficient (Wildman–Crippen LogP) is 1.98. The van der Waals surface area contributed by atoms with Crippen LogP contribution in [0.4, 0.5) is 0 Å². The average molecular weight is 671 g/mol. The smallest absolute Gasteiger partial charge is 0.313 e. The largest absolute Gasteiger partial charge is 0.481 e. The molecule has 0 spiro atoms. The first-order chi connectivity index (χ1) is 21.0. The number of nitrogens with one attached hydrogen (secondary N) is 1. The number of hydrogen-bond donors (Lipinski definition) is 4. The molecule has 1 aromatic carbocycles. The molecule has 2 aromatic rings. The summed E-state index contributed by atoms with van der Waals surface area (Å²) in [6.07, 6.45) is 5.58. The minimum absolute atomic E-state index is 0.00315. The van der Waals surface area contributed by atoms with E-state index in [1.807, 2.05) is 0 Å². The number of aromatic nitrogens is 4. The van der Waals surface area contributed by atoms with E-state index in [0.717, 1.165) is 44.9 Å². The molecule has 4 N–H and O–H groups in total. The van der Waals surface area contributed by atoms with Gasteiger partial charge in [-0.1, -0.05) is 80.6 Å².